The molecule has 0 saturated carbocycles. The average Bonchev–Trinajstić information content (AvgIpc) is 2.45. The summed E-state index contributed by atoms with van der Waals surface area (Å²) in [5.41, 5.74) is 0.589. The van der Waals surface area contributed by atoms with Gasteiger partial charge in [0.15, 0.2) is 0 Å². The highest BCUT2D eigenvalue weighted by atomic mass is 16.6. The Morgan fingerprint density at radius 2 is 2.10 bits per heavy atom. The number of rotatable bonds is 5. The fourth-order valence-electron chi connectivity index (χ4n) is 2.77. The summed E-state index contributed by atoms with van der Waals surface area (Å²) in [5.74, 6) is 0.0621. The number of likely N-dealkylation sites (tertiary alicyclic amines) is 1. The lowest BCUT2D eigenvalue weighted by atomic mass is 10.0. The lowest BCUT2D eigenvalue weighted by Crippen LogP contribution is -2.44. The van der Waals surface area contributed by atoms with Crippen LogP contribution in [0.1, 0.15) is 32.3 Å². The Labute approximate surface area is 124 Å². The molecule has 1 aliphatic rings. The molecule has 0 aliphatic carbocycles. The van der Waals surface area contributed by atoms with Gasteiger partial charge >= 0.3 is 0 Å². The Morgan fingerprint density at radius 1 is 1.43 bits per heavy atom. The van der Waals surface area contributed by atoms with Crippen molar-refractivity contribution >= 4 is 5.69 Å². The quantitative estimate of drug-likeness (QED) is 0.643. The van der Waals surface area contributed by atoms with Gasteiger partial charge in [-0.2, -0.15) is 0 Å². The minimum absolute atomic E-state index is 0.0555. The van der Waals surface area contributed by atoms with Crippen LogP contribution in [0.25, 0.3) is 0 Å². The lowest BCUT2D eigenvalue weighted by Gasteiger charge is -2.35. The lowest BCUT2D eigenvalue weighted by molar-refractivity contribution is -0.385. The monoisotopic (exact) mass is 293 g/mol. The molecule has 0 spiro atoms. The Morgan fingerprint density at radius 3 is 2.67 bits per heavy atom. The van der Waals surface area contributed by atoms with Gasteiger partial charge < -0.3 is 15.3 Å². The number of nitro benzene ring substituents is 1. The van der Waals surface area contributed by atoms with Crippen LogP contribution in [-0.4, -0.2) is 40.1 Å². The summed E-state index contributed by atoms with van der Waals surface area (Å²) in [6.45, 7) is 6.92. The predicted octanol–water partition coefficient (Wildman–Crippen LogP) is 2.26. The fourth-order valence-corrected chi connectivity index (χ4v) is 2.77. The molecule has 116 valence electrons. The van der Waals surface area contributed by atoms with E-state index in [2.05, 4.69) is 24.1 Å². The highest BCUT2D eigenvalue weighted by Gasteiger charge is 2.21. The maximum absolute atomic E-state index is 11.0. The number of nitrogens with zero attached hydrogens (tertiary/aromatic N) is 2. The van der Waals surface area contributed by atoms with Crippen molar-refractivity contribution < 1.29 is 10.0 Å². The van der Waals surface area contributed by atoms with Crippen LogP contribution in [0.15, 0.2) is 18.2 Å². The van der Waals surface area contributed by atoms with Gasteiger partial charge in [0.05, 0.1) is 4.92 Å². The Balaban J connectivity index is 1.92. The summed E-state index contributed by atoms with van der Waals surface area (Å²) in [5, 5.41) is 23.9. The summed E-state index contributed by atoms with van der Waals surface area (Å²) in [6.07, 6.45) is 2.09. The van der Waals surface area contributed by atoms with E-state index >= 15 is 0 Å². The van der Waals surface area contributed by atoms with Crippen molar-refractivity contribution in [3.8, 4) is 5.75 Å². The molecule has 0 amide bonds. The SMILES string of the molecule is CC(C)N1CCC(NCc2cc(O)ccc2[N+](=O)[O-])CC1. The molecule has 21 heavy (non-hydrogen) atoms. The zero-order valence-electron chi connectivity index (χ0n) is 12.6. The molecule has 1 fully saturated rings. The van der Waals surface area contributed by atoms with Gasteiger partial charge in [-0.05, 0) is 51.9 Å². The number of piperidine rings is 1. The molecule has 1 aromatic carbocycles. The Bertz CT molecular complexity index is 497. The summed E-state index contributed by atoms with van der Waals surface area (Å²) >= 11 is 0. The van der Waals surface area contributed by atoms with Crippen LogP contribution < -0.4 is 5.32 Å². The molecule has 6 nitrogen and oxygen atoms in total. The van der Waals surface area contributed by atoms with E-state index in [-0.39, 0.29) is 11.4 Å². The van der Waals surface area contributed by atoms with Gasteiger partial charge in [-0.3, -0.25) is 10.1 Å². The van der Waals surface area contributed by atoms with Gasteiger partial charge in [-0.25, -0.2) is 0 Å². The maximum Gasteiger partial charge on any atom is 0.274 e. The zero-order valence-corrected chi connectivity index (χ0v) is 12.6. The summed E-state index contributed by atoms with van der Waals surface area (Å²) in [6, 6.07) is 5.12. The molecule has 2 N–H and O–H groups in total. The Kier molecular flexibility index (Phi) is 5.14. The molecule has 1 aromatic rings. The molecular formula is C15H23N3O3. The van der Waals surface area contributed by atoms with Gasteiger partial charge in [0.25, 0.3) is 5.69 Å². The largest absolute Gasteiger partial charge is 0.508 e. The van der Waals surface area contributed by atoms with Crippen molar-refractivity contribution in [1.29, 1.82) is 0 Å². The number of hydrogen-bond acceptors (Lipinski definition) is 5. The third-order valence-electron chi connectivity index (χ3n) is 4.10. The van der Waals surface area contributed by atoms with Crippen LogP contribution in [0.2, 0.25) is 0 Å². The van der Waals surface area contributed by atoms with E-state index in [1.807, 2.05) is 0 Å². The van der Waals surface area contributed by atoms with Crippen molar-refractivity contribution in [2.75, 3.05) is 13.1 Å². The van der Waals surface area contributed by atoms with Crippen LogP contribution in [-0.2, 0) is 6.54 Å². The smallest absolute Gasteiger partial charge is 0.274 e. The topological polar surface area (TPSA) is 78.6 Å². The van der Waals surface area contributed by atoms with E-state index in [4.69, 9.17) is 0 Å². The van der Waals surface area contributed by atoms with Crippen molar-refractivity contribution in [2.45, 2.75) is 45.3 Å². The molecule has 1 aliphatic heterocycles. The van der Waals surface area contributed by atoms with E-state index in [0.29, 0.717) is 24.2 Å². The number of phenolic OH excluding ortho intramolecular Hbond substituents is 1. The van der Waals surface area contributed by atoms with E-state index in [0.717, 1.165) is 25.9 Å². The standard InChI is InChI=1S/C15H23N3O3/c1-11(2)17-7-5-13(6-8-17)16-10-12-9-14(19)3-4-15(12)18(20)21/h3-4,9,11,13,16,19H,5-8,10H2,1-2H3. The fraction of sp³-hybridized carbons (Fsp3) is 0.600. The number of hydrogen-bond donors (Lipinski definition) is 2. The maximum atomic E-state index is 11.0. The second-order valence-electron chi connectivity index (χ2n) is 5.86. The first-order valence-corrected chi connectivity index (χ1v) is 7.41. The third-order valence-corrected chi connectivity index (χ3v) is 4.10. The number of phenols is 1. The molecule has 6 heteroatoms. The van der Waals surface area contributed by atoms with Gasteiger partial charge in [-0.1, -0.05) is 0 Å². The van der Waals surface area contributed by atoms with Gasteiger partial charge in [-0.15, -0.1) is 0 Å². The van der Waals surface area contributed by atoms with Crippen LogP contribution in [0.3, 0.4) is 0 Å². The molecule has 0 radical (unpaired) electrons. The number of aromatic hydroxyl groups is 1. The molecule has 2 rings (SSSR count). The van der Waals surface area contributed by atoms with Crippen LogP contribution >= 0.6 is 0 Å². The molecular weight excluding hydrogens is 270 g/mol. The first-order chi connectivity index (χ1) is 9.97. The molecule has 1 saturated heterocycles. The van der Waals surface area contributed by atoms with Crippen molar-refractivity contribution in [1.82, 2.24) is 10.2 Å². The molecule has 0 atom stereocenters. The van der Waals surface area contributed by atoms with Crippen LogP contribution in [0.5, 0.6) is 5.75 Å². The highest BCUT2D eigenvalue weighted by Crippen LogP contribution is 2.23. The molecule has 1 heterocycles. The highest BCUT2D eigenvalue weighted by molar-refractivity contribution is 5.44. The minimum Gasteiger partial charge on any atom is -0.508 e. The minimum atomic E-state index is -0.405. The van der Waals surface area contributed by atoms with Gasteiger partial charge in [0.1, 0.15) is 5.75 Å². The first kappa shape index (κ1) is 15.7. The first-order valence-electron chi connectivity index (χ1n) is 7.41. The zero-order chi connectivity index (χ0) is 15.4. The summed E-state index contributed by atoms with van der Waals surface area (Å²) in [4.78, 5) is 13.0. The van der Waals surface area contributed by atoms with E-state index < -0.39 is 4.92 Å². The molecule has 0 aromatic heterocycles. The second-order valence-corrected chi connectivity index (χ2v) is 5.86. The summed E-state index contributed by atoms with van der Waals surface area (Å²) < 4.78 is 0. The van der Waals surface area contributed by atoms with E-state index in [9.17, 15) is 15.2 Å². The van der Waals surface area contributed by atoms with E-state index in [1.165, 1.54) is 18.2 Å². The van der Waals surface area contributed by atoms with Crippen LogP contribution in [0.4, 0.5) is 5.69 Å². The average molecular weight is 293 g/mol. The predicted molar refractivity (Wildman–Crippen MR) is 81.3 cm³/mol. The summed E-state index contributed by atoms with van der Waals surface area (Å²) in [7, 11) is 0. The van der Waals surface area contributed by atoms with Crippen molar-refractivity contribution in [2.24, 2.45) is 0 Å². The molecule has 0 bridgehead atoms. The second kappa shape index (κ2) is 6.87. The van der Waals surface area contributed by atoms with Gasteiger partial charge in [0.2, 0.25) is 0 Å². The van der Waals surface area contributed by atoms with Crippen LogP contribution in [0, 0.1) is 10.1 Å². The number of nitro groups is 1. The van der Waals surface area contributed by atoms with Crippen molar-refractivity contribution in [3.63, 3.8) is 0 Å². The molecule has 0 unspecified atom stereocenters. The Hall–Kier alpha value is -1.66. The normalized spacial score (nSPS) is 17.3. The number of nitrogens with one attached hydrogen (secondary N) is 1. The van der Waals surface area contributed by atoms with E-state index in [1.54, 1.807) is 0 Å². The van der Waals surface area contributed by atoms with Gasteiger partial charge in [0, 0.05) is 30.3 Å². The number of benzene rings is 1. The third kappa shape index (κ3) is 4.15. The van der Waals surface area contributed by atoms with Crippen molar-refractivity contribution in [3.05, 3.63) is 33.9 Å².